The Labute approximate surface area is 350 Å². The first-order chi connectivity index (χ1) is 26.7. The van der Waals surface area contributed by atoms with Gasteiger partial charge in [0.15, 0.2) is 11.3 Å². The molecule has 2 fully saturated rings. The molecular weight excluding hydrogens is 775 g/mol. The van der Waals surface area contributed by atoms with E-state index in [1.165, 1.54) is 30.0 Å². The number of hydrogen-bond acceptors (Lipinski definition) is 14. The number of aromatic nitrogens is 1. The minimum absolute atomic E-state index is 0. The number of benzene rings is 3. The molecule has 2 aliphatic heterocycles. The van der Waals surface area contributed by atoms with Gasteiger partial charge in [-0.1, -0.05) is 66.7 Å². The van der Waals surface area contributed by atoms with Gasteiger partial charge in [0, 0.05) is 11.2 Å². The molecule has 19 heteroatoms. The van der Waals surface area contributed by atoms with Crippen LogP contribution in [0.5, 0.6) is 5.75 Å². The zero-order valence-corrected chi connectivity index (χ0v) is 33.9. The molecule has 292 valence electrons. The van der Waals surface area contributed by atoms with E-state index in [0.29, 0.717) is 15.7 Å². The van der Waals surface area contributed by atoms with Gasteiger partial charge in [-0.3, -0.25) is 19.2 Å². The predicted octanol–water partition coefficient (Wildman–Crippen LogP) is -1.68. The Kier molecular flexibility index (Phi) is 13.3. The zero-order chi connectivity index (χ0) is 40.3. The number of para-hydroxylation sites is 1. The van der Waals surface area contributed by atoms with E-state index in [9.17, 15) is 43.5 Å². The molecule has 2 N–H and O–H groups in total. The van der Waals surface area contributed by atoms with Crippen molar-refractivity contribution in [1.29, 1.82) is 0 Å². The van der Waals surface area contributed by atoms with E-state index in [1.807, 2.05) is 0 Å². The molecule has 0 radical (unpaired) electrons. The smallest absolute Gasteiger partial charge is 0.548 e. The van der Waals surface area contributed by atoms with Gasteiger partial charge in [0.25, 0.3) is 5.56 Å². The summed E-state index contributed by atoms with van der Waals surface area (Å²) in [6.07, 6.45) is -2.15. The number of carboxylic acid groups (broad SMARTS) is 1. The van der Waals surface area contributed by atoms with E-state index in [4.69, 9.17) is 13.9 Å². The molecule has 0 unspecified atom stereocenters. The van der Waals surface area contributed by atoms with Crippen molar-refractivity contribution in [2.75, 3.05) is 7.11 Å². The second-order valence-electron chi connectivity index (χ2n) is 13.4. The molecule has 57 heavy (non-hydrogen) atoms. The molecule has 0 bridgehead atoms. The number of hydrogen-bond donors (Lipinski definition) is 2. The topological polar surface area (TPSA) is 233 Å². The van der Waals surface area contributed by atoms with Crippen LogP contribution in [0.2, 0.25) is 0 Å². The van der Waals surface area contributed by atoms with Crippen LogP contribution >= 0.6 is 11.8 Å². The number of nitrogens with one attached hydrogen (secondary N) is 2. The summed E-state index contributed by atoms with van der Waals surface area (Å²) in [5.41, 5.74) is -0.468. The fraction of sp³-hybridized carbons (Fsp3) is 0.316. The van der Waals surface area contributed by atoms with Gasteiger partial charge in [0.2, 0.25) is 17.7 Å². The quantitative estimate of drug-likeness (QED) is 0.0666. The van der Waals surface area contributed by atoms with Crippen molar-refractivity contribution in [2.45, 2.75) is 67.6 Å². The summed E-state index contributed by atoms with van der Waals surface area (Å²) < 4.78 is 20.0. The van der Waals surface area contributed by atoms with Gasteiger partial charge in [0.05, 0.1) is 24.5 Å². The van der Waals surface area contributed by atoms with Gasteiger partial charge in [-0.25, -0.2) is 19.0 Å². The minimum Gasteiger partial charge on any atom is -0.548 e. The molecular formula is C38H35N4NaO13S. The Morgan fingerprint density at radius 2 is 1.61 bits per heavy atom. The number of carbonyl (C=O) groups excluding carboxylic acids is 6. The van der Waals surface area contributed by atoms with Gasteiger partial charge in [-0.15, -0.1) is 11.8 Å². The third kappa shape index (κ3) is 8.93. The Balaban J connectivity index is 0.00000620. The summed E-state index contributed by atoms with van der Waals surface area (Å²) in [6.45, 7) is 3.08. The number of aliphatic carboxylic acids is 1. The number of fused-ring (bicyclic) bond motifs is 2. The molecule has 4 aromatic rings. The number of thioether (sulfide) groups is 1. The molecule has 2 saturated heterocycles. The first-order valence-corrected chi connectivity index (χ1v) is 18.1. The maximum atomic E-state index is 13.8. The Bertz CT molecular complexity index is 2320. The van der Waals surface area contributed by atoms with Crippen molar-refractivity contribution in [3.8, 4) is 5.75 Å². The normalized spacial score (nSPS) is 18.8. The number of β-lactam (4-membered cyclic amide) rings is 1. The molecule has 0 saturated carbocycles. The Morgan fingerprint density at radius 3 is 2.26 bits per heavy atom. The molecule has 3 heterocycles. The summed E-state index contributed by atoms with van der Waals surface area (Å²) in [5, 5.41) is 16.2. The van der Waals surface area contributed by atoms with E-state index >= 15 is 0 Å². The fourth-order valence-electron chi connectivity index (χ4n) is 6.61. The van der Waals surface area contributed by atoms with Crippen molar-refractivity contribution < 1.29 is 82.1 Å². The van der Waals surface area contributed by atoms with Crippen molar-refractivity contribution in [3.63, 3.8) is 0 Å². The minimum atomic E-state index is -1.70. The van der Waals surface area contributed by atoms with Gasteiger partial charge in [-0.05, 0) is 43.5 Å². The zero-order valence-electron chi connectivity index (χ0n) is 31.1. The largest absolute Gasteiger partial charge is 1.00 e. The summed E-state index contributed by atoms with van der Waals surface area (Å²) in [4.78, 5) is 106. The Hall–Kier alpha value is -5.43. The number of carboxylic acids is 1. The van der Waals surface area contributed by atoms with Crippen molar-refractivity contribution in [2.24, 2.45) is 0 Å². The van der Waals surface area contributed by atoms with E-state index < -0.39 is 99.8 Å². The Morgan fingerprint density at radius 1 is 0.947 bits per heavy atom. The number of esters is 1. The monoisotopic (exact) mass is 810 g/mol. The molecule has 5 atom stereocenters. The third-order valence-electron chi connectivity index (χ3n) is 9.29. The second kappa shape index (κ2) is 17.8. The summed E-state index contributed by atoms with van der Waals surface area (Å²) >= 11 is 1.20. The van der Waals surface area contributed by atoms with Gasteiger partial charge in [-0.2, -0.15) is 0 Å². The van der Waals surface area contributed by atoms with Crippen molar-refractivity contribution >= 4 is 58.5 Å². The van der Waals surface area contributed by atoms with Gasteiger partial charge >= 0.3 is 47.4 Å². The number of rotatable bonds is 13. The molecule has 2 aliphatic rings. The number of amides is 3. The van der Waals surface area contributed by atoms with E-state index in [1.54, 1.807) is 74.5 Å². The van der Waals surface area contributed by atoms with Crippen LogP contribution in [-0.4, -0.2) is 74.6 Å². The van der Waals surface area contributed by atoms with Crippen LogP contribution in [0.1, 0.15) is 49.9 Å². The average Bonchev–Trinajstić information content (AvgIpc) is 3.44. The van der Waals surface area contributed by atoms with Crippen LogP contribution in [0, 0.1) is 0 Å². The van der Waals surface area contributed by atoms with E-state index in [0.717, 1.165) is 12.0 Å². The van der Waals surface area contributed by atoms with Crippen molar-refractivity contribution in [3.05, 3.63) is 111 Å². The SMILES string of the molecule is COC(=O)Oc1cccc2c(=O)n([C@@H](CCC(=O)N[C@@H](C(=O)N[C@@H]3C(=O)N4[C@@H]3SC(C)(C)[C@@H]4C(=O)[O-])c3ccccc3)C(=O)OCc3ccccc3)c(=O)oc12.[Na+]. The summed E-state index contributed by atoms with van der Waals surface area (Å²) in [6, 6.07) is 15.2. The molecule has 17 nitrogen and oxygen atoms in total. The number of nitrogens with zero attached hydrogens (tertiary/aromatic N) is 2. The number of ether oxygens (including phenoxy) is 3. The van der Waals surface area contributed by atoms with Crippen LogP contribution in [0.4, 0.5) is 4.79 Å². The number of methoxy groups -OCH3 is 1. The third-order valence-corrected chi connectivity index (χ3v) is 10.9. The molecule has 3 aromatic carbocycles. The summed E-state index contributed by atoms with van der Waals surface area (Å²) in [7, 11) is 1.06. The van der Waals surface area contributed by atoms with Gasteiger partial charge in [0.1, 0.15) is 30.1 Å². The second-order valence-corrected chi connectivity index (χ2v) is 15.1. The van der Waals surface area contributed by atoms with E-state index in [-0.39, 0.29) is 47.3 Å². The van der Waals surface area contributed by atoms with Gasteiger partial charge < -0.3 is 44.1 Å². The molecule has 1 aromatic heterocycles. The average molecular weight is 811 g/mol. The molecule has 0 spiro atoms. The fourth-order valence-corrected chi connectivity index (χ4v) is 8.23. The first-order valence-electron chi connectivity index (χ1n) is 17.2. The maximum absolute atomic E-state index is 13.8. The van der Waals surface area contributed by atoms with Crippen LogP contribution in [0.15, 0.2) is 92.9 Å². The molecule has 6 rings (SSSR count). The molecule has 3 amide bonds. The first kappa shape index (κ1) is 42.7. The predicted molar refractivity (Wildman–Crippen MR) is 195 cm³/mol. The van der Waals surface area contributed by atoms with E-state index in [2.05, 4.69) is 15.4 Å². The van der Waals surface area contributed by atoms with Crippen LogP contribution in [0.25, 0.3) is 11.0 Å². The van der Waals surface area contributed by atoms with Crippen LogP contribution in [0.3, 0.4) is 0 Å². The molecule has 0 aliphatic carbocycles. The standard InChI is InChI=1S/C38H36N4O13S.Na/c1-38(2)29(34(47)48)42-32(46)27(33(42)56-38)40-30(44)26(21-13-8-5-9-14-21)39-25(43)18-17-23(35(49)53-19-20-11-6-4-7-12-20)41-31(45)22-15-10-16-24(54-37(51)52-3)28(22)55-36(41)50;/h4-16,23,26-27,29,33H,17-19H2,1-3H3,(H,39,43)(H,40,44)(H,47,48);/q;+1/p-1/t23-,26+,27+,29-,33+;/m0./s1. The maximum Gasteiger partial charge on any atom is 1.00 e. The summed E-state index contributed by atoms with van der Waals surface area (Å²) in [5.74, 6) is -6.25. The number of carbonyl (C=O) groups is 6. The van der Waals surface area contributed by atoms with Crippen LogP contribution < -0.4 is 61.3 Å². The van der Waals surface area contributed by atoms with Crippen molar-refractivity contribution in [1.82, 2.24) is 20.1 Å². The van der Waals surface area contributed by atoms with Crippen LogP contribution in [-0.2, 0) is 40.1 Å².